The molecule has 1 aromatic carbocycles. The highest BCUT2D eigenvalue weighted by Crippen LogP contribution is 2.27. The maximum absolute atomic E-state index is 11.8. The Bertz CT molecular complexity index is 910. The summed E-state index contributed by atoms with van der Waals surface area (Å²) in [5.41, 5.74) is 0.563. The first-order valence-corrected chi connectivity index (χ1v) is 8.97. The van der Waals surface area contributed by atoms with Crippen LogP contribution >= 0.6 is 0 Å². The van der Waals surface area contributed by atoms with E-state index < -0.39 is 42.9 Å². The van der Waals surface area contributed by atoms with Crippen LogP contribution in [0.4, 0.5) is 0 Å². The highest BCUT2D eigenvalue weighted by molar-refractivity contribution is 5.81. The fraction of sp³-hybridized carbons (Fsp3) is 0.474. The van der Waals surface area contributed by atoms with Gasteiger partial charge in [-0.05, 0) is 24.6 Å². The van der Waals surface area contributed by atoms with Gasteiger partial charge in [0.05, 0.1) is 6.61 Å². The number of aliphatic hydroxyl groups excluding tert-OH is 3. The van der Waals surface area contributed by atoms with E-state index in [4.69, 9.17) is 13.9 Å². The molecule has 1 aliphatic heterocycles. The minimum atomic E-state index is -1.41. The molecule has 0 spiro atoms. The zero-order valence-corrected chi connectivity index (χ0v) is 15.5. The van der Waals surface area contributed by atoms with Crippen molar-refractivity contribution in [2.75, 3.05) is 6.61 Å². The van der Waals surface area contributed by atoms with Gasteiger partial charge in [0.25, 0.3) is 0 Å². The number of carbonyl (C=O) groups excluding carboxylic acids is 1. The first-order valence-electron chi connectivity index (χ1n) is 8.97. The second kappa shape index (κ2) is 8.27. The minimum Gasteiger partial charge on any atom is -0.462 e. The van der Waals surface area contributed by atoms with Crippen LogP contribution in [-0.4, -0.2) is 58.5 Å². The maximum Gasteiger partial charge on any atom is 0.336 e. The van der Waals surface area contributed by atoms with Crippen molar-refractivity contribution in [3.05, 3.63) is 40.2 Å². The van der Waals surface area contributed by atoms with E-state index in [9.17, 15) is 24.9 Å². The van der Waals surface area contributed by atoms with Crippen molar-refractivity contribution in [1.29, 1.82) is 0 Å². The molecule has 5 atom stereocenters. The van der Waals surface area contributed by atoms with Crippen molar-refractivity contribution in [3.8, 4) is 5.75 Å². The van der Waals surface area contributed by atoms with E-state index in [2.05, 4.69) is 5.32 Å². The average Bonchev–Trinajstić information content (AvgIpc) is 2.66. The largest absolute Gasteiger partial charge is 0.462 e. The Kier molecular flexibility index (Phi) is 5.99. The van der Waals surface area contributed by atoms with Crippen LogP contribution in [0.25, 0.3) is 11.0 Å². The SMILES string of the molecule is CCC(=O)N[C@H]1[C@H](Oc2ccc3c(C)cc(=O)oc3c2)O[C@H](CO)[C@@H](O)[C@@H]1O. The van der Waals surface area contributed by atoms with Crippen LogP contribution in [-0.2, 0) is 9.53 Å². The summed E-state index contributed by atoms with van der Waals surface area (Å²) in [6.45, 7) is 2.88. The zero-order chi connectivity index (χ0) is 20.4. The Hall–Kier alpha value is -2.46. The number of hydrogen-bond donors (Lipinski definition) is 4. The molecule has 9 nitrogen and oxygen atoms in total. The van der Waals surface area contributed by atoms with Gasteiger partial charge in [0, 0.05) is 23.9 Å². The molecule has 1 amide bonds. The Labute approximate surface area is 160 Å². The number of amides is 1. The lowest BCUT2D eigenvalue weighted by Gasteiger charge is -2.42. The Morgan fingerprint density at radius 2 is 2.00 bits per heavy atom. The molecular weight excluding hydrogens is 370 g/mol. The van der Waals surface area contributed by atoms with Crippen LogP contribution in [0.5, 0.6) is 5.75 Å². The first-order chi connectivity index (χ1) is 13.3. The predicted octanol–water partition coefficient (Wildman–Crippen LogP) is -0.186. The number of ether oxygens (including phenoxy) is 2. The second-order valence-corrected chi connectivity index (χ2v) is 6.68. The number of rotatable bonds is 5. The van der Waals surface area contributed by atoms with E-state index in [0.717, 1.165) is 10.9 Å². The van der Waals surface area contributed by atoms with E-state index >= 15 is 0 Å². The van der Waals surface area contributed by atoms with Gasteiger partial charge < -0.3 is 34.5 Å². The number of aryl methyl sites for hydroxylation is 1. The highest BCUT2D eigenvalue weighted by atomic mass is 16.7. The standard InChI is InChI=1S/C19H23NO8/c1-3-14(22)20-16-18(25)17(24)13(8-21)28-19(16)26-10-4-5-11-9(2)6-15(23)27-12(11)7-10/h4-7,13,16-19,21,24-25H,3,8H2,1-2H3,(H,20,22)/t13-,16-,17-,18-,19-/m1/s1. The van der Waals surface area contributed by atoms with Crippen molar-refractivity contribution in [2.24, 2.45) is 0 Å². The molecule has 0 aliphatic carbocycles. The van der Waals surface area contributed by atoms with Gasteiger partial charge in [-0.2, -0.15) is 0 Å². The third-order valence-corrected chi connectivity index (χ3v) is 4.70. The quantitative estimate of drug-likeness (QED) is 0.513. The Balaban J connectivity index is 1.91. The first kappa shape index (κ1) is 20.3. The molecule has 2 heterocycles. The molecular formula is C19H23NO8. The van der Waals surface area contributed by atoms with Gasteiger partial charge in [-0.1, -0.05) is 6.92 Å². The van der Waals surface area contributed by atoms with Gasteiger partial charge in [0.2, 0.25) is 12.2 Å². The lowest BCUT2D eigenvalue weighted by Crippen LogP contribution is -2.65. The molecule has 152 valence electrons. The Morgan fingerprint density at radius 1 is 1.25 bits per heavy atom. The highest BCUT2D eigenvalue weighted by Gasteiger charge is 2.46. The van der Waals surface area contributed by atoms with E-state index in [1.54, 1.807) is 26.0 Å². The van der Waals surface area contributed by atoms with Gasteiger partial charge in [-0.25, -0.2) is 4.79 Å². The van der Waals surface area contributed by atoms with Crippen molar-refractivity contribution >= 4 is 16.9 Å². The van der Waals surface area contributed by atoms with E-state index in [1.807, 2.05) is 0 Å². The summed E-state index contributed by atoms with van der Waals surface area (Å²) >= 11 is 0. The van der Waals surface area contributed by atoms with Crippen molar-refractivity contribution in [1.82, 2.24) is 5.32 Å². The van der Waals surface area contributed by atoms with E-state index in [1.165, 1.54) is 12.1 Å². The van der Waals surface area contributed by atoms with Crippen LogP contribution in [0.15, 0.2) is 33.5 Å². The molecule has 0 bridgehead atoms. The summed E-state index contributed by atoms with van der Waals surface area (Å²) in [6.07, 6.45) is -4.91. The molecule has 0 unspecified atom stereocenters. The van der Waals surface area contributed by atoms with Gasteiger partial charge in [-0.3, -0.25) is 4.79 Å². The van der Waals surface area contributed by atoms with E-state index in [0.29, 0.717) is 5.58 Å². The molecule has 9 heteroatoms. The lowest BCUT2D eigenvalue weighted by molar-refractivity contribution is -0.244. The topological polar surface area (TPSA) is 138 Å². The third-order valence-electron chi connectivity index (χ3n) is 4.70. The summed E-state index contributed by atoms with van der Waals surface area (Å²) in [7, 11) is 0. The molecule has 1 fully saturated rings. The normalized spacial score (nSPS) is 27.5. The molecule has 28 heavy (non-hydrogen) atoms. The molecule has 3 rings (SSSR count). The fourth-order valence-electron chi connectivity index (χ4n) is 3.14. The monoisotopic (exact) mass is 393 g/mol. The van der Waals surface area contributed by atoms with Crippen molar-refractivity contribution < 1.29 is 34.0 Å². The molecule has 2 aromatic rings. The van der Waals surface area contributed by atoms with Crippen molar-refractivity contribution in [3.63, 3.8) is 0 Å². The van der Waals surface area contributed by atoms with Crippen LogP contribution in [0.1, 0.15) is 18.9 Å². The number of nitrogens with one attached hydrogen (secondary N) is 1. The van der Waals surface area contributed by atoms with Crippen LogP contribution in [0.2, 0.25) is 0 Å². The van der Waals surface area contributed by atoms with Gasteiger partial charge in [-0.15, -0.1) is 0 Å². The molecule has 4 N–H and O–H groups in total. The number of aliphatic hydroxyl groups is 3. The average molecular weight is 393 g/mol. The van der Waals surface area contributed by atoms with Crippen LogP contribution in [0.3, 0.4) is 0 Å². The number of fused-ring (bicyclic) bond motifs is 1. The summed E-state index contributed by atoms with van der Waals surface area (Å²) in [6, 6.07) is 5.15. The molecule has 1 aromatic heterocycles. The molecule has 1 saturated heterocycles. The van der Waals surface area contributed by atoms with Crippen LogP contribution < -0.4 is 15.7 Å². The third kappa shape index (κ3) is 4.02. The smallest absolute Gasteiger partial charge is 0.336 e. The number of hydrogen-bond acceptors (Lipinski definition) is 8. The molecule has 0 radical (unpaired) electrons. The fourth-order valence-corrected chi connectivity index (χ4v) is 3.14. The summed E-state index contributed by atoms with van der Waals surface area (Å²) in [5.74, 6) is -0.0988. The Morgan fingerprint density at radius 3 is 2.68 bits per heavy atom. The van der Waals surface area contributed by atoms with Gasteiger partial charge in [0.15, 0.2) is 0 Å². The maximum atomic E-state index is 11.8. The van der Waals surface area contributed by atoms with E-state index in [-0.39, 0.29) is 18.1 Å². The molecule has 1 aliphatic rings. The van der Waals surface area contributed by atoms with Gasteiger partial charge >= 0.3 is 5.63 Å². The second-order valence-electron chi connectivity index (χ2n) is 6.68. The van der Waals surface area contributed by atoms with Gasteiger partial charge in [0.1, 0.15) is 35.7 Å². The van der Waals surface area contributed by atoms with Crippen molar-refractivity contribution in [2.45, 2.75) is 50.9 Å². The summed E-state index contributed by atoms with van der Waals surface area (Å²) < 4.78 is 16.5. The predicted molar refractivity (Wildman–Crippen MR) is 97.8 cm³/mol. The number of carbonyl (C=O) groups is 1. The summed E-state index contributed by atoms with van der Waals surface area (Å²) in [5, 5.41) is 33.2. The zero-order valence-electron chi connectivity index (χ0n) is 15.5. The minimum absolute atomic E-state index is 0.163. The lowest BCUT2D eigenvalue weighted by atomic mass is 9.97. The number of benzene rings is 1. The van der Waals surface area contributed by atoms with Crippen LogP contribution in [0, 0.1) is 6.92 Å². The molecule has 0 saturated carbocycles. The summed E-state index contributed by atoms with van der Waals surface area (Å²) in [4.78, 5) is 23.4.